The Bertz CT molecular complexity index is 1150. The van der Waals surface area contributed by atoms with E-state index in [1.54, 1.807) is 0 Å². The molecule has 7 heteroatoms. The number of nitrogens with zero attached hydrogens (tertiary/aromatic N) is 5. The van der Waals surface area contributed by atoms with E-state index in [0.717, 1.165) is 62.1 Å². The molecule has 0 spiro atoms. The highest BCUT2D eigenvalue weighted by atomic mass is 15.3. The van der Waals surface area contributed by atoms with Crippen molar-refractivity contribution in [1.82, 2.24) is 25.1 Å². The van der Waals surface area contributed by atoms with E-state index in [1.165, 1.54) is 61.0 Å². The van der Waals surface area contributed by atoms with Crippen molar-refractivity contribution in [3.8, 4) is 5.69 Å². The minimum atomic E-state index is 0.466. The molecule has 1 aromatic carbocycles. The molecule has 0 radical (unpaired) electrons. The molecular formula is C30H43N7. The molecule has 198 valence electrons. The Morgan fingerprint density at radius 3 is 2.54 bits per heavy atom. The third-order valence-electron chi connectivity index (χ3n) is 7.96. The first-order valence-electron chi connectivity index (χ1n) is 14.3. The Kier molecular flexibility index (Phi) is 8.39. The summed E-state index contributed by atoms with van der Waals surface area (Å²) in [4.78, 5) is 12.0. The van der Waals surface area contributed by atoms with Crippen molar-refractivity contribution >= 4 is 11.8 Å². The number of para-hydroxylation sites is 1. The lowest BCUT2D eigenvalue weighted by molar-refractivity contribution is 0.323. The van der Waals surface area contributed by atoms with E-state index < -0.39 is 0 Å². The van der Waals surface area contributed by atoms with Crippen LogP contribution in [0.5, 0.6) is 0 Å². The predicted octanol–water partition coefficient (Wildman–Crippen LogP) is 5.32. The zero-order valence-electron chi connectivity index (χ0n) is 22.8. The number of hydrogen-bond donors (Lipinski definition) is 2. The lowest BCUT2D eigenvalue weighted by atomic mass is 9.86. The molecule has 37 heavy (non-hydrogen) atoms. The van der Waals surface area contributed by atoms with E-state index in [0.29, 0.717) is 6.04 Å². The fourth-order valence-electron chi connectivity index (χ4n) is 5.96. The summed E-state index contributed by atoms with van der Waals surface area (Å²) >= 11 is 0. The summed E-state index contributed by atoms with van der Waals surface area (Å²) in [5.41, 5.74) is 6.40. The first-order valence-corrected chi connectivity index (χ1v) is 14.3. The van der Waals surface area contributed by atoms with Gasteiger partial charge in [0.2, 0.25) is 5.95 Å². The summed E-state index contributed by atoms with van der Waals surface area (Å²) in [6, 6.07) is 10.9. The van der Waals surface area contributed by atoms with Crippen LogP contribution in [0.15, 0.2) is 36.5 Å². The van der Waals surface area contributed by atoms with Crippen molar-refractivity contribution in [1.29, 1.82) is 0 Å². The van der Waals surface area contributed by atoms with Gasteiger partial charge < -0.3 is 15.5 Å². The molecule has 3 aromatic rings. The number of nitrogens with one attached hydrogen (secondary N) is 2. The van der Waals surface area contributed by atoms with Gasteiger partial charge in [0.25, 0.3) is 0 Å². The van der Waals surface area contributed by atoms with Gasteiger partial charge in [0.1, 0.15) is 5.82 Å². The zero-order chi connectivity index (χ0) is 25.6. The van der Waals surface area contributed by atoms with Crippen LogP contribution in [0.1, 0.15) is 74.4 Å². The third kappa shape index (κ3) is 6.15. The molecule has 2 heterocycles. The van der Waals surface area contributed by atoms with Gasteiger partial charge in [-0.15, -0.1) is 0 Å². The van der Waals surface area contributed by atoms with E-state index in [2.05, 4.69) is 71.6 Å². The minimum Gasteiger partial charge on any atom is -0.362 e. The van der Waals surface area contributed by atoms with Crippen LogP contribution in [0.3, 0.4) is 0 Å². The van der Waals surface area contributed by atoms with Gasteiger partial charge in [0.15, 0.2) is 0 Å². The van der Waals surface area contributed by atoms with E-state index in [-0.39, 0.29) is 0 Å². The molecule has 5 rings (SSSR count). The van der Waals surface area contributed by atoms with Crippen molar-refractivity contribution in [3.63, 3.8) is 0 Å². The van der Waals surface area contributed by atoms with Crippen molar-refractivity contribution < 1.29 is 0 Å². The molecule has 1 saturated carbocycles. The highest BCUT2D eigenvalue weighted by Gasteiger charge is 2.24. The Hall–Kier alpha value is -2.93. The average molecular weight is 502 g/mol. The van der Waals surface area contributed by atoms with E-state index >= 15 is 0 Å². The molecule has 0 unspecified atom stereocenters. The average Bonchev–Trinajstić information content (AvgIpc) is 3.32. The SMILES string of the molecule is CCCc1c(CNC[C@H]2CC[C@@H](Nc3nc4c(c(N(C)C)n3)CCCC4)CC2)cnn1-c1ccccc1. The first-order chi connectivity index (χ1) is 18.1. The van der Waals surface area contributed by atoms with E-state index in [4.69, 9.17) is 15.1 Å². The fourth-order valence-corrected chi connectivity index (χ4v) is 5.96. The van der Waals surface area contributed by atoms with Gasteiger partial charge in [-0.05, 0) is 82.4 Å². The van der Waals surface area contributed by atoms with Crippen molar-refractivity contribution in [2.75, 3.05) is 30.9 Å². The summed E-state index contributed by atoms with van der Waals surface area (Å²) in [7, 11) is 4.19. The van der Waals surface area contributed by atoms with Gasteiger partial charge in [-0.3, -0.25) is 0 Å². The Labute approximate surface area is 222 Å². The second kappa shape index (κ2) is 12.1. The van der Waals surface area contributed by atoms with E-state index in [9.17, 15) is 0 Å². The standard InChI is InChI=1S/C30H43N7/c1-4-10-28-23(21-32-37(28)25-11-6-5-7-12-25)20-31-19-22-15-17-24(18-16-22)33-30-34-27-14-9-8-13-26(27)29(35-30)36(2)3/h5-7,11-12,21-22,24,31H,4,8-10,13-20H2,1-3H3,(H,33,34,35)/t22-,24+. The lowest BCUT2D eigenvalue weighted by Crippen LogP contribution is -2.32. The second-order valence-electron chi connectivity index (χ2n) is 11.0. The normalized spacial score (nSPS) is 19.4. The molecule has 0 saturated heterocycles. The van der Waals surface area contributed by atoms with Crippen molar-refractivity contribution in [3.05, 3.63) is 59.0 Å². The highest BCUT2D eigenvalue weighted by molar-refractivity contribution is 5.53. The Morgan fingerprint density at radius 2 is 1.78 bits per heavy atom. The topological polar surface area (TPSA) is 70.9 Å². The molecule has 2 N–H and O–H groups in total. The van der Waals surface area contributed by atoms with Crippen LogP contribution in [-0.4, -0.2) is 46.4 Å². The number of aromatic nitrogens is 4. The monoisotopic (exact) mass is 501 g/mol. The summed E-state index contributed by atoms with van der Waals surface area (Å²) < 4.78 is 2.11. The summed E-state index contributed by atoms with van der Waals surface area (Å²) in [5.74, 6) is 2.64. The molecule has 2 aromatic heterocycles. The van der Waals surface area contributed by atoms with Crippen LogP contribution in [0.4, 0.5) is 11.8 Å². The number of aryl methyl sites for hydroxylation is 1. The van der Waals surface area contributed by atoms with Crippen LogP contribution in [-0.2, 0) is 25.8 Å². The van der Waals surface area contributed by atoms with Gasteiger partial charge >= 0.3 is 0 Å². The maximum Gasteiger partial charge on any atom is 0.225 e. The smallest absolute Gasteiger partial charge is 0.225 e. The second-order valence-corrected chi connectivity index (χ2v) is 11.0. The number of fused-ring (bicyclic) bond motifs is 1. The Morgan fingerprint density at radius 1 is 1.00 bits per heavy atom. The van der Waals surface area contributed by atoms with Gasteiger partial charge in [-0.2, -0.15) is 10.1 Å². The number of anilines is 2. The lowest BCUT2D eigenvalue weighted by Gasteiger charge is -2.30. The van der Waals surface area contributed by atoms with Crippen LogP contribution in [0, 0.1) is 5.92 Å². The van der Waals surface area contributed by atoms with E-state index in [1.807, 2.05) is 6.20 Å². The molecule has 2 aliphatic rings. The maximum atomic E-state index is 4.93. The molecule has 0 atom stereocenters. The van der Waals surface area contributed by atoms with Gasteiger partial charge in [-0.25, -0.2) is 9.67 Å². The van der Waals surface area contributed by atoms with Gasteiger partial charge in [-0.1, -0.05) is 31.5 Å². The largest absolute Gasteiger partial charge is 0.362 e. The highest BCUT2D eigenvalue weighted by Crippen LogP contribution is 2.30. The molecule has 0 bridgehead atoms. The van der Waals surface area contributed by atoms with Crippen LogP contribution < -0.4 is 15.5 Å². The van der Waals surface area contributed by atoms with Crippen LogP contribution in [0.25, 0.3) is 5.69 Å². The van der Waals surface area contributed by atoms with Crippen LogP contribution >= 0.6 is 0 Å². The number of rotatable bonds is 10. The minimum absolute atomic E-state index is 0.466. The maximum absolute atomic E-state index is 4.93. The molecule has 0 amide bonds. The van der Waals surface area contributed by atoms with Crippen LogP contribution in [0.2, 0.25) is 0 Å². The van der Waals surface area contributed by atoms with Crippen molar-refractivity contribution in [2.45, 2.75) is 83.7 Å². The molecular weight excluding hydrogens is 458 g/mol. The summed E-state index contributed by atoms with van der Waals surface area (Å²) in [5, 5.41) is 12.2. The first kappa shape index (κ1) is 25.7. The van der Waals surface area contributed by atoms with Gasteiger partial charge in [0, 0.05) is 43.5 Å². The molecule has 0 aliphatic heterocycles. The molecule has 1 fully saturated rings. The molecule has 2 aliphatic carbocycles. The zero-order valence-corrected chi connectivity index (χ0v) is 22.8. The quantitative estimate of drug-likeness (QED) is 0.392. The summed E-state index contributed by atoms with van der Waals surface area (Å²) in [6.07, 6.45) is 13.7. The number of benzene rings is 1. The van der Waals surface area contributed by atoms with Gasteiger partial charge in [0.05, 0.1) is 17.6 Å². The Balaban J connectivity index is 1.12. The van der Waals surface area contributed by atoms with Crippen molar-refractivity contribution in [2.24, 2.45) is 5.92 Å². The third-order valence-corrected chi connectivity index (χ3v) is 7.96. The predicted molar refractivity (Wildman–Crippen MR) is 152 cm³/mol. The number of hydrogen-bond acceptors (Lipinski definition) is 6. The fraction of sp³-hybridized carbons (Fsp3) is 0.567. The molecule has 7 nitrogen and oxygen atoms in total. The summed E-state index contributed by atoms with van der Waals surface area (Å²) in [6.45, 7) is 4.19.